The van der Waals surface area contributed by atoms with Crippen molar-refractivity contribution in [3.05, 3.63) is 58.1 Å². The molecule has 4 nitrogen and oxygen atoms in total. The van der Waals surface area contributed by atoms with Gasteiger partial charge in [0.25, 0.3) is 5.91 Å². The summed E-state index contributed by atoms with van der Waals surface area (Å²) in [5.74, 6) is 0.319. The summed E-state index contributed by atoms with van der Waals surface area (Å²) in [6.45, 7) is 3.63. The molecule has 1 atom stereocenters. The van der Waals surface area contributed by atoms with Gasteiger partial charge in [0.05, 0.1) is 11.6 Å². The smallest absolute Gasteiger partial charge is 0.265 e. The minimum Gasteiger partial charge on any atom is -0.481 e. The molecule has 22 heavy (non-hydrogen) atoms. The van der Waals surface area contributed by atoms with E-state index in [0.29, 0.717) is 11.3 Å². The van der Waals surface area contributed by atoms with Crippen molar-refractivity contribution in [3.63, 3.8) is 0 Å². The predicted octanol–water partition coefficient (Wildman–Crippen LogP) is 4.04. The van der Waals surface area contributed by atoms with Gasteiger partial charge in [-0.15, -0.1) is 0 Å². The first-order valence-corrected chi connectivity index (χ1v) is 7.52. The van der Waals surface area contributed by atoms with Crippen LogP contribution in [0.2, 0.25) is 0 Å². The van der Waals surface area contributed by atoms with Crippen molar-refractivity contribution < 1.29 is 9.53 Å². The van der Waals surface area contributed by atoms with Crippen LogP contribution in [-0.4, -0.2) is 12.0 Å². The highest BCUT2D eigenvalue weighted by Crippen LogP contribution is 2.20. The summed E-state index contributed by atoms with van der Waals surface area (Å²) >= 11 is 3.42. The Morgan fingerprint density at radius 3 is 2.55 bits per heavy atom. The number of ether oxygens (including phenoxy) is 1. The Morgan fingerprint density at radius 2 is 1.95 bits per heavy atom. The molecule has 2 rings (SSSR count). The van der Waals surface area contributed by atoms with Crippen LogP contribution in [0.5, 0.6) is 5.75 Å². The number of nitrogens with one attached hydrogen (secondary N) is 1. The number of nitriles is 1. The topological polar surface area (TPSA) is 62.1 Å². The molecule has 0 fully saturated rings. The van der Waals surface area contributed by atoms with E-state index in [2.05, 4.69) is 21.2 Å². The molecular weight excluding hydrogens is 344 g/mol. The molecule has 0 saturated heterocycles. The summed E-state index contributed by atoms with van der Waals surface area (Å²) < 4.78 is 6.56. The second kappa shape index (κ2) is 7.10. The number of hydrogen-bond donors (Lipinski definition) is 1. The Bertz CT molecular complexity index is 720. The molecule has 1 N–H and O–H groups in total. The Morgan fingerprint density at radius 1 is 1.27 bits per heavy atom. The molecule has 0 saturated carbocycles. The van der Waals surface area contributed by atoms with Gasteiger partial charge in [-0.25, -0.2) is 0 Å². The van der Waals surface area contributed by atoms with E-state index in [9.17, 15) is 4.79 Å². The van der Waals surface area contributed by atoms with Crippen LogP contribution in [-0.2, 0) is 4.79 Å². The lowest BCUT2D eigenvalue weighted by atomic mass is 10.2. The molecular formula is C17H15BrN2O2. The summed E-state index contributed by atoms with van der Waals surface area (Å²) in [6.07, 6.45) is -0.642. The van der Waals surface area contributed by atoms with E-state index >= 15 is 0 Å². The lowest BCUT2D eigenvalue weighted by Gasteiger charge is -2.15. The number of amides is 1. The maximum atomic E-state index is 12.1. The molecule has 112 valence electrons. The van der Waals surface area contributed by atoms with Gasteiger partial charge >= 0.3 is 0 Å². The van der Waals surface area contributed by atoms with Gasteiger partial charge in [0.1, 0.15) is 5.75 Å². The summed E-state index contributed by atoms with van der Waals surface area (Å²) in [5, 5.41) is 11.6. The summed E-state index contributed by atoms with van der Waals surface area (Å²) in [4.78, 5) is 12.1. The van der Waals surface area contributed by atoms with Crippen LogP contribution < -0.4 is 10.1 Å². The summed E-state index contributed by atoms with van der Waals surface area (Å²) in [5.41, 5.74) is 2.31. The molecule has 0 radical (unpaired) electrons. The van der Waals surface area contributed by atoms with Crippen molar-refractivity contribution in [1.82, 2.24) is 0 Å². The number of hydrogen-bond acceptors (Lipinski definition) is 3. The van der Waals surface area contributed by atoms with Crippen molar-refractivity contribution in [2.24, 2.45) is 0 Å². The second-order valence-electron chi connectivity index (χ2n) is 4.85. The third-order valence-corrected chi connectivity index (χ3v) is 3.98. The number of rotatable bonds is 4. The van der Waals surface area contributed by atoms with Gasteiger partial charge in [0.15, 0.2) is 6.10 Å². The average Bonchev–Trinajstić information content (AvgIpc) is 2.51. The summed E-state index contributed by atoms with van der Waals surface area (Å²) in [7, 11) is 0. The zero-order valence-electron chi connectivity index (χ0n) is 12.3. The SMILES string of the molecule is Cc1cc(NC(=O)[C@H](C)Oc2ccc(C#N)cc2)ccc1Br. The monoisotopic (exact) mass is 358 g/mol. The molecule has 0 bridgehead atoms. The zero-order chi connectivity index (χ0) is 16.1. The lowest BCUT2D eigenvalue weighted by Crippen LogP contribution is -2.30. The van der Waals surface area contributed by atoms with Crippen LogP contribution in [0.25, 0.3) is 0 Å². The Labute approximate surface area is 137 Å². The van der Waals surface area contributed by atoms with E-state index < -0.39 is 6.10 Å². The summed E-state index contributed by atoms with van der Waals surface area (Å²) in [6, 6.07) is 14.3. The third-order valence-electron chi connectivity index (χ3n) is 3.09. The minimum atomic E-state index is -0.642. The largest absolute Gasteiger partial charge is 0.481 e. The van der Waals surface area contributed by atoms with E-state index in [1.54, 1.807) is 31.2 Å². The van der Waals surface area contributed by atoms with Gasteiger partial charge in [0, 0.05) is 10.2 Å². The molecule has 0 aliphatic carbocycles. The van der Waals surface area contributed by atoms with Gasteiger partial charge in [-0.05, 0) is 61.9 Å². The highest BCUT2D eigenvalue weighted by atomic mass is 79.9. The fourth-order valence-electron chi connectivity index (χ4n) is 1.83. The number of halogens is 1. The fraction of sp³-hybridized carbons (Fsp3) is 0.176. The predicted molar refractivity (Wildman–Crippen MR) is 88.8 cm³/mol. The van der Waals surface area contributed by atoms with Gasteiger partial charge in [-0.3, -0.25) is 4.79 Å². The highest BCUT2D eigenvalue weighted by Gasteiger charge is 2.15. The molecule has 1 amide bonds. The third kappa shape index (κ3) is 4.09. The van der Waals surface area contributed by atoms with E-state index in [1.807, 2.05) is 31.2 Å². The maximum absolute atomic E-state index is 12.1. The van der Waals surface area contributed by atoms with Crippen molar-refractivity contribution in [3.8, 4) is 11.8 Å². The standard InChI is InChI=1S/C17H15BrN2O2/c1-11-9-14(5-8-16(11)18)20-17(21)12(2)22-15-6-3-13(10-19)4-7-15/h3-9,12H,1-2H3,(H,20,21)/t12-/m0/s1. The van der Waals surface area contributed by atoms with Crippen LogP contribution in [0.1, 0.15) is 18.1 Å². The average molecular weight is 359 g/mol. The number of nitrogens with zero attached hydrogens (tertiary/aromatic N) is 1. The minimum absolute atomic E-state index is 0.230. The number of aryl methyl sites for hydroxylation is 1. The van der Waals surface area contributed by atoms with Gasteiger partial charge in [0.2, 0.25) is 0 Å². The highest BCUT2D eigenvalue weighted by molar-refractivity contribution is 9.10. The molecule has 0 aromatic heterocycles. The molecule has 0 aliphatic rings. The van der Waals surface area contributed by atoms with Crippen molar-refractivity contribution in [2.45, 2.75) is 20.0 Å². The van der Waals surface area contributed by atoms with E-state index in [4.69, 9.17) is 10.00 Å². The fourth-order valence-corrected chi connectivity index (χ4v) is 2.08. The Hall–Kier alpha value is -2.32. The van der Waals surface area contributed by atoms with Crippen molar-refractivity contribution in [2.75, 3.05) is 5.32 Å². The van der Waals surface area contributed by atoms with Gasteiger partial charge < -0.3 is 10.1 Å². The maximum Gasteiger partial charge on any atom is 0.265 e. The zero-order valence-corrected chi connectivity index (χ0v) is 13.8. The van der Waals surface area contributed by atoms with Crippen LogP contribution >= 0.6 is 15.9 Å². The lowest BCUT2D eigenvalue weighted by molar-refractivity contribution is -0.122. The molecule has 0 unspecified atom stereocenters. The number of carbonyl (C=O) groups excluding carboxylic acids is 1. The van der Waals surface area contributed by atoms with Crippen LogP contribution in [0.15, 0.2) is 46.9 Å². The van der Waals surface area contributed by atoms with E-state index in [0.717, 1.165) is 15.7 Å². The van der Waals surface area contributed by atoms with Gasteiger partial charge in [-0.2, -0.15) is 5.26 Å². The molecule has 0 spiro atoms. The molecule has 5 heteroatoms. The van der Waals surface area contributed by atoms with Crippen LogP contribution in [0.3, 0.4) is 0 Å². The molecule has 2 aromatic rings. The number of anilines is 1. The number of carbonyl (C=O) groups is 1. The normalized spacial score (nSPS) is 11.4. The van der Waals surface area contributed by atoms with Crippen molar-refractivity contribution in [1.29, 1.82) is 5.26 Å². The molecule has 0 aliphatic heterocycles. The van der Waals surface area contributed by atoms with E-state index in [-0.39, 0.29) is 5.91 Å². The Kier molecular flexibility index (Phi) is 5.18. The first-order chi connectivity index (χ1) is 10.5. The first kappa shape index (κ1) is 16.1. The van der Waals surface area contributed by atoms with Crippen LogP contribution in [0.4, 0.5) is 5.69 Å². The quantitative estimate of drug-likeness (QED) is 0.896. The van der Waals surface area contributed by atoms with Crippen LogP contribution in [0, 0.1) is 18.3 Å². The molecule has 0 heterocycles. The van der Waals surface area contributed by atoms with Crippen molar-refractivity contribution >= 4 is 27.5 Å². The number of benzene rings is 2. The first-order valence-electron chi connectivity index (χ1n) is 6.73. The van der Waals surface area contributed by atoms with E-state index in [1.165, 1.54) is 0 Å². The van der Waals surface area contributed by atoms with Gasteiger partial charge in [-0.1, -0.05) is 15.9 Å². The Balaban J connectivity index is 1.99. The molecule has 2 aromatic carbocycles. The second-order valence-corrected chi connectivity index (χ2v) is 5.70.